The van der Waals surface area contributed by atoms with Crippen LogP contribution in [-0.4, -0.2) is 55.6 Å². The highest BCUT2D eigenvalue weighted by molar-refractivity contribution is 6.31. The molecule has 3 aromatic rings. The molecule has 0 aliphatic carbocycles. The molecule has 1 aliphatic heterocycles. The molecule has 0 unspecified atom stereocenters. The largest absolute Gasteiger partial charge is 0.486 e. The molecule has 2 heterocycles. The van der Waals surface area contributed by atoms with E-state index >= 15 is 0 Å². The van der Waals surface area contributed by atoms with E-state index in [2.05, 4.69) is 25.9 Å². The summed E-state index contributed by atoms with van der Waals surface area (Å²) in [6, 6.07) is 7.40. The van der Waals surface area contributed by atoms with Gasteiger partial charge >= 0.3 is 6.03 Å². The minimum atomic E-state index is -0.513. The van der Waals surface area contributed by atoms with Gasteiger partial charge in [0, 0.05) is 43.8 Å². The number of carbonyl (C=O) groups excluding carboxylic acids is 1. The van der Waals surface area contributed by atoms with Crippen LogP contribution in [0.5, 0.6) is 5.75 Å². The molecule has 34 heavy (non-hydrogen) atoms. The average molecular weight is 490 g/mol. The van der Waals surface area contributed by atoms with Crippen LogP contribution >= 0.6 is 11.6 Å². The Hall–Kier alpha value is -3.21. The smallest absolute Gasteiger partial charge is 0.319 e. The molecular weight excluding hydrogens is 465 g/mol. The molecule has 11 heteroatoms. The molecule has 0 radical (unpaired) electrons. The number of aromatic nitrogens is 2. The van der Waals surface area contributed by atoms with Crippen LogP contribution in [0.1, 0.15) is 12.8 Å². The van der Waals surface area contributed by atoms with E-state index in [0.717, 1.165) is 6.42 Å². The highest BCUT2D eigenvalue weighted by Crippen LogP contribution is 2.35. The molecule has 0 bridgehead atoms. The summed E-state index contributed by atoms with van der Waals surface area (Å²) < 4.78 is 30.1. The van der Waals surface area contributed by atoms with E-state index in [-0.39, 0.29) is 17.2 Å². The molecule has 2 aromatic carbocycles. The van der Waals surface area contributed by atoms with Gasteiger partial charge in [-0.05, 0) is 30.7 Å². The SMILES string of the molecule is COCCCNC(=O)Nc1cc2c(Nc3ccc(F)c(Cl)c3)ncnc2cc1O[C@H]1CCOC1. The maximum absolute atomic E-state index is 13.5. The Morgan fingerprint density at radius 2 is 2.18 bits per heavy atom. The zero-order valence-corrected chi connectivity index (χ0v) is 19.3. The average Bonchev–Trinajstić information content (AvgIpc) is 3.33. The van der Waals surface area contributed by atoms with E-state index in [1.807, 2.05) is 0 Å². The molecule has 9 nitrogen and oxygen atoms in total. The number of rotatable bonds is 9. The second-order valence-corrected chi connectivity index (χ2v) is 8.08. The lowest BCUT2D eigenvalue weighted by Crippen LogP contribution is -2.30. The van der Waals surface area contributed by atoms with Crippen LogP contribution < -0.4 is 20.7 Å². The van der Waals surface area contributed by atoms with E-state index in [1.54, 1.807) is 25.3 Å². The lowest BCUT2D eigenvalue weighted by molar-refractivity contribution is 0.142. The number of benzene rings is 2. The third-order valence-electron chi connectivity index (χ3n) is 5.16. The van der Waals surface area contributed by atoms with Gasteiger partial charge in [0.15, 0.2) is 0 Å². The molecule has 180 valence electrons. The van der Waals surface area contributed by atoms with Crippen molar-refractivity contribution in [3.8, 4) is 5.75 Å². The summed E-state index contributed by atoms with van der Waals surface area (Å²) in [5, 5.41) is 9.40. The Kier molecular flexibility index (Phi) is 7.94. The topological polar surface area (TPSA) is 107 Å². The molecule has 1 aromatic heterocycles. The Labute approximate surface area is 201 Å². The normalized spacial score (nSPS) is 15.3. The predicted octanol–water partition coefficient (Wildman–Crippen LogP) is 4.49. The Morgan fingerprint density at radius 3 is 2.94 bits per heavy atom. The molecule has 3 N–H and O–H groups in total. The number of hydrogen-bond donors (Lipinski definition) is 3. The molecular formula is C23H25ClFN5O4. The van der Waals surface area contributed by atoms with Gasteiger partial charge in [-0.15, -0.1) is 0 Å². The Bertz CT molecular complexity index is 1160. The number of amides is 2. The highest BCUT2D eigenvalue weighted by Gasteiger charge is 2.21. The van der Waals surface area contributed by atoms with Gasteiger partial charge in [0.05, 0.1) is 29.4 Å². The maximum Gasteiger partial charge on any atom is 0.319 e. The number of fused-ring (bicyclic) bond motifs is 1. The maximum atomic E-state index is 13.5. The monoisotopic (exact) mass is 489 g/mol. The van der Waals surface area contributed by atoms with Crippen LogP contribution in [0.2, 0.25) is 5.02 Å². The van der Waals surface area contributed by atoms with Crippen LogP contribution in [0.3, 0.4) is 0 Å². The van der Waals surface area contributed by atoms with Gasteiger partial charge in [-0.1, -0.05) is 11.6 Å². The first-order valence-corrected chi connectivity index (χ1v) is 11.2. The number of ether oxygens (including phenoxy) is 3. The summed E-state index contributed by atoms with van der Waals surface area (Å²) in [5.74, 6) is 0.428. The van der Waals surface area contributed by atoms with E-state index in [0.29, 0.717) is 66.6 Å². The van der Waals surface area contributed by atoms with E-state index in [4.69, 9.17) is 25.8 Å². The van der Waals surface area contributed by atoms with Crippen molar-refractivity contribution in [2.24, 2.45) is 0 Å². The van der Waals surface area contributed by atoms with Crippen molar-refractivity contribution in [3.63, 3.8) is 0 Å². The summed E-state index contributed by atoms with van der Waals surface area (Å²) in [6.07, 6.45) is 2.73. The molecule has 1 saturated heterocycles. The number of carbonyl (C=O) groups is 1. The molecule has 1 atom stereocenters. The zero-order valence-electron chi connectivity index (χ0n) is 18.6. The standard InChI is InChI=1S/C23H25ClFN5O4/c1-32-7-2-6-26-23(31)30-20-10-16-19(11-21(20)34-15-5-8-33-12-15)27-13-28-22(16)29-14-3-4-18(25)17(24)9-14/h3-4,9-11,13,15H,2,5-8,12H2,1H3,(H2,26,30,31)(H,27,28,29)/t15-/m0/s1. The fourth-order valence-corrected chi connectivity index (χ4v) is 3.64. The van der Waals surface area contributed by atoms with Crippen LogP contribution in [0.4, 0.5) is 26.4 Å². The first kappa shape index (κ1) is 23.9. The summed E-state index contributed by atoms with van der Waals surface area (Å²) in [4.78, 5) is 21.2. The summed E-state index contributed by atoms with van der Waals surface area (Å²) in [5.41, 5.74) is 1.62. The fourth-order valence-electron chi connectivity index (χ4n) is 3.46. The molecule has 0 saturated carbocycles. The van der Waals surface area contributed by atoms with Gasteiger partial charge in [-0.3, -0.25) is 0 Å². The number of anilines is 3. The zero-order chi connectivity index (χ0) is 23.9. The van der Waals surface area contributed by atoms with Gasteiger partial charge in [0.25, 0.3) is 0 Å². The lowest BCUT2D eigenvalue weighted by Gasteiger charge is -2.18. The number of urea groups is 1. The predicted molar refractivity (Wildman–Crippen MR) is 128 cm³/mol. The van der Waals surface area contributed by atoms with Crippen molar-refractivity contribution in [2.45, 2.75) is 18.9 Å². The van der Waals surface area contributed by atoms with Crippen LogP contribution in [0.15, 0.2) is 36.7 Å². The van der Waals surface area contributed by atoms with Crippen LogP contribution in [-0.2, 0) is 9.47 Å². The quantitative estimate of drug-likeness (QED) is 0.380. The van der Waals surface area contributed by atoms with Gasteiger partial charge in [-0.25, -0.2) is 19.2 Å². The first-order chi connectivity index (χ1) is 16.5. The second kappa shape index (κ2) is 11.3. The molecule has 4 rings (SSSR count). The molecule has 0 spiro atoms. The highest BCUT2D eigenvalue weighted by atomic mass is 35.5. The van der Waals surface area contributed by atoms with Gasteiger partial charge in [-0.2, -0.15) is 0 Å². The summed E-state index contributed by atoms with van der Waals surface area (Å²) >= 11 is 5.91. The van der Waals surface area contributed by atoms with E-state index in [9.17, 15) is 9.18 Å². The second-order valence-electron chi connectivity index (χ2n) is 7.67. The minimum Gasteiger partial charge on any atom is -0.486 e. The van der Waals surface area contributed by atoms with Crippen molar-refractivity contribution < 1.29 is 23.4 Å². The van der Waals surface area contributed by atoms with Crippen molar-refractivity contribution in [3.05, 3.63) is 47.5 Å². The van der Waals surface area contributed by atoms with Gasteiger partial charge < -0.3 is 30.2 Å². The van der Waals surface area contributed by atoms with Crippen LogP contribution in [0.25, 0.3) is 10.9 Å². The van der Waals surface area contributed by atoms with Crippen molar-refractivity contribution in [1.29, 1.82) is 0 Å². The summed E-state index contributed by atoms with van der Waals surface area (Å²) in [6.45, 7) is 2.10. The number of nitrogens with zero attached hydrogens (tertiary/aromatic N) is 2. The van der Waals surface area contributed by atoms with E-state index in [1.165, 1.54) is 18.5 Å². The van der Waals surface area contributed by atoms with Crippen LogP contribution in [0, 0.1) is 5.82 Å². The number of hydrogen-bond acceptors (Lipinski definition) is 7. The third kappa shape index (κ3) is 6.02. The fraction of sp³-hybridized carbons (Fsp3) is 0.348. The number of halogens is 2. The van der Waals surface area contributed by atoms with Crippen molar-refractivity contribution >= 4 is 45.7 Å². The number of methoxy groups -OCH3 is 1. The molecule has 1 fully saturated rings. The lowest BCUT2D eigenvalue weighted by atomic mass is 10.1. The van der Waals surface area contributed by atoms with Crippen molar-refractivity contribution in [2.75, 3.05) is 44.1 Å². The summed E-state index contributed by atoms with van der Waals surface area (Å²) in [7, 11) is 1.61. The number of nitrogens with one attached hydrogen (secondary N) is 3. The van der Waals surface area contributed by atoms with Gasteiger partial charge in [0.2, 0.25) is 0 Å². The Morgan fingerprint density at radius 1 is 1.29 bits per heavy atom. The Balaban J connectivity index is 1.63. The van der Waals surface area contributed by atoms with Gasteiger partial charge in [0.1, 0.15) is 29.8 Å². The molecule has 2 amide bonds. The van der Waals surface area contributed by atoms with Crippen molar-refractivity contribution in [1.82, 2.24) is 15.3 Å². The van der Waals surface area contributed by atoms with E-state index < -0.39 is 5.82 Å². The third-order valence-corrected chi connectivity index (χ3v) is 5.45. The molecule has 1 aliphatic rings. The minimum absolute atomic E-state index is 0.00895. The first-order valence-electron chi connectivity index (χ1n) is 10.8.